The van der Waals surface area contributed by atoms with Crippen LogP contribution >= 0.6 is 0 Å². The van der Waals surface area contributed by atoms with Gasteiger partial charge < -0.3 is 10.6 Å². The Morgan fingerprint density at radius 1 is 1.05 bits per heavy atom. The summed E-state index contributed by atoms with van der Waals surface area (Å²) >= 11 is 0. The van der Waals surface area contributed by atoms with E-state index in [1.54, 1.807) is 48.5 Å². The topological polar surface area (TPSA) is 82.0 Å². The molecule has 0 aliphatic heterocycles. The summed E-state index contributed by atoms with van der Waals surface area (Å²) < 4.78 is 0. The molecule has 0 heterocycles. The van der Waals surface area contributed by atoms with Crippen molar-refractivity contribution in [2.24, 2.45) is 0 Å². The number of ketones is 1. The standard InChI is InChI=1S/C16H13N3O2/c17-10-12-5-4-8-14(9-12)19-16(21)18-11-15(20)13-6-2-1-3-7-13/h1-9H,11H2,(H2,18,19,21). The average Bonchev–Trinajstić information content (AvgIpc) is 2.53. The van der Waals surface area contributed by atoms with E-state index in [4.69, 9.17) is 5.26 Å². The lowest BCUT2D eigenvalue weighted by Crippen LogP contribution is -2.33. The second kappa shape index (κ2) is 6.87. The smallest absolute Gasteiger partial charge is 0.319 e. The Morgan fingerprint density at radius 3 is 2.52 bits per heavy atom. The van der Waals surface area contributed by atoms with Crippen LogP contribution < -0.4 is 10.6 Å². The maximum absolute atomic E-state index is 11.8. The van der Waals surface area contributed by atoms with Crippen LogP contribution in [0.4, 0.5) is 10.5 Å². The lowest BCUT2D eigenvalue weighted by Gasteiger charge is -2.07. The second-order valence-corrected chi connectivity index (χ2v) is 4.29. The van der Waals surface area contributed by atoms with Crippen molar-refractivity contribution in [3.05, 3.63) is 65.7 Å². The lowest BCUT2D eigenvalue weighted by atomic mass is 10.1. The number of nitrogens with zero attached hydrogens (tertiary/aromatic N) is 1. The van der Waals surface area contributed by atoms with Gasteiger partial charge >= 0.3 is 6.03 Å². The summed E-state index contributed by atoms with van der Waals surface area (Å²) in [5.74, 6) is -0.170. The summed E-state index contributed by atoms with van der Waals surface area (Å²) in [5.41, 5.74) is 1.50. The van der Waals surface area contributed by atoms with E-state index in [0.29, 0.717) is 16.8 Å². The van der Waals surface area contributed by atoms with Gasteiger partial charge in [0.25, 0.3) is 0 Å². The maximum Gasteiger partial charge on any atom is 0.319 e. The number of hydrogen-bond acceptors (Lipinski definition) is 3. The number of rotatable bonds is 4. The van der Waals surface area contributed by atoms with Gasteiger partial charge in [-0.15, -0.1) is 0 Å². The minimum Gasteiger partial charge on any atom is -0.330 e. The number of anilines is 1. The van der Waals surface area contributed by atoms with Crippen molar-refractivity contribution in [1.29, 1.82) is 5.26 Å². The molecule has 0 aromatic heterocycles. The van der Waals surface area contributed by atoms with Gasteiger partial charge in [0.2, 0.25) is 0 Å². The largest absolute Gasteiger partial charge is 0.330 e. The van der Waals surface area contributed by atoms with Crippen LogP contribution in [0.3, 0.4) is 0 Å². The average molecular weight is 279 g/mol. The summed E-state index contributed by atoms with van der Waals surface area (Å²) in [4.78, 5) is 23.5. The minimum atomic E-state index is -0.491. The van der Waals surface area contributed by atoms with Crippen molar-refractivity contribution >= 4 is 17.5 Å². The molecule has 0 spiro atoms. The van der Waals surface area contributed by atoms with Crippen molar-refractivity contribution in [2.45, 2.75) is 0 Å². The van der Waals surface area contributed by atoms with Crippen molar-refractivity contribution in [3.63, 3.8) is 0 Å². The van der Waals surface area contributed by atoms with Gasteiger partial charge in [0.15, 0.2) is 5.78 Å². The first kappa shape index (κ1) is 14.3. The molecule has 2 aromatic carbocycles. The normalized spacial score (nSPS) is 9.48. The Hall–Kier alpha value is -3.13. The SMILES string of the molecule is N#Cc1cccc(NC(=O)NCC(=O)c2ccccc2)c1. The zero-order valence-corrected chi connectivity index (χ0v) is 11.2. The minimum absolute atomic E-state index is 0.0895. The number of hydrogen-bond donors (Lipinski definition) is 2. The lowest BCUT2D eigenvalue weighted by molar-refractivity contribution is 0.0993. The van der Waals surface area contributed by atoms with Crippen molar-refractivity contribution in [3.8, 4) is 6.07 Å². The van der Waals surface area contributed by atoms with Crippen LogP contribution in [0, 0.1) is 11.3 Å². The third-order valence-corrected chi connectivity index (χ3v) is 2.75. The number of urea groups is 1. The molecule has 5 nitrogen and oxygen atoms in total. The molecular weight excluding hydrogens is 266 g/mol. The maximum atomic E-state index is 11.8. The Kier molecular flexibility index (Phi) is 4.67. The molecule has 2 amide bonds. The third kappa shape index (κ3) is 4.18. The zero-order valence-electron chi connectivity index (χ0n) is 11.2. The molecule has 2 N–H and O–H groups in total. The van der Waals surface area contributed by atoms with Crippen molar-refractivity contribution in [2.75, 3.05) is 11.9 Å². The van der Waals surface area contributed by atoms with Crippen LogP contribution in [0.15, 0.2) is 54.6 Å². The van der Waals surface area contributed by atoms with Gasteiger partial charge in [-0.2, -0.15) is 5.26 Å². The number of carbonyl (C=O) groups excluding carboxylic acids is 2. The second-order valence-electron chi connectivity index (χ2n) is 4.29. The Morgan fingerprint density at radius 2 is 1.81 bits per heavy atom. The number of Topliss-reactive ketones (excluding diaryl/α,β-unsaturated/α-hetero) is 1. The van der Waals surface area contributed by atoms with Gasteiger partial charge in [-0.3, -0.25) is 4.79 Å². The van der Waals surface area contributed by atoms with E-state index in [0.717, 1.165) is 0 Å². The van der Waals surface area contributed by atoms with Crippen LogP contribution in [-0.2, 0) is 0 Å². The van der Waals surface area contributed by atoms with Crippen LogP contribution in [0.5, 0.6) is 0 Å². The highest BCUT2D eigenvalue weighted by molar-refractivity contribution is 6.00. The predicted molar refractivity (Wildman–Crippen MR) is 79.0 cm³/mol. The molecule has 2 aromatic rings. The summed E-state index contributed by atoms with van der Waals surface area (Å²) in [6, 6.07) is 16.8. The first-order chi connectivity index (χ1) is 10.2. The summed E-state index contributed by atoms with van der Waals surface area (Å²) in [5, 5.41) is 13.8. The van der Waals surface area contributed by atoms with Gasteiger partial charge in [-0.25, -0.2) is 4.79 Å². The highest BCUT2D eigenvalue weighted by Crippen LogP contribution is 2.09. The number of benzene rings is 2. The van der Waals surface area contributed by atoms with E-state index in [9.17, 15) is 9.59 Å². The molecule has 5 heteroatoms. The van der Waals surface area contributed by atoms with Gasteiger partial charge in [-0.1, -0.05) is 36.4 Å². The highest BCUT2D eigenvalue weighted by Gasteiger charge is 2.07. The molecule has 2 rings (SSSR count). The molecule has 0 aliphatic rings. The molecule has 21 heavy (non-hydrogen) atoms. The molecule has 104 valence electrons. The van der Waals surface area contributed by atoms with Crippen LogP contribution in [0.1, 0.15) is 15.9 Å². The molecule has 0 fully saturated rings. The third-order valence-electron chi connectivity index (χ3n) is 2.75. The van der Waals surface area contributed by atoms with E-state index >= 15 is 0 Å². The van der Waals surface area contributed by atoms with Crippen molar-refractivity contribution < 1.29 is 9.59 Å². The van der Waals surface area contributed by atoms with Crippen LogP contribution in [0.25, 0.3) is 0 Å². The predicted octanol–water partition coefficient (Wildman–Crippen LogP) is 2.56. The van der Waals surface area contributed by atoms with E-state index in [1.807, 2.05) is 12.1 Å². The molecular formula is C16H13N3O2. The summed E-state index contributed by atoms with van der Waals surface area (Å²) in [7, 11) is 0. The first-order valence-corrected chi connectivity index (χ1v) is 6.32. The van der Waals surface area contributed by atoms with E-state index in [2.05, 4.69) is 10.6 Å². The van der Waals surface area contributed by atoms with Gasteiger partial charge in [0.1, 0.15) is 0 Å². The monoisotopic (exact) mass is 279 g/mol. The molecule has 0 unspecified atom stereocenters. The Balaban J connectivity index is 1.88. The highest BCUT2D eigenvalue weighted by atomic mass is 16.2. The molecule has 0 saturated heterocycles. The zero-order chi connectivity index (χ0) is 15.1. The first-order valence-electron chi connectivity index (χ1n) is 6.32. The molecule has 0 saturated carbocycles. The Bertz CT molecular complexity index is 690. The van der Waals surface area contributed by atoms with Crippen LogP contribution in [0.2, 0.25) is 0 Å². The fourth-order valence-electron chi connectivity index (χ4n) is 1.73. The number of nitrogens with one attached hydrogen (secondary N) is 2. The van der Waals surface area contributed by atoms with Gasteiger partial charge in [-0.05, 0) is 18.2 Å². The Labute approximate surface area is 122 Å². The fourth-order valence-corrected chi connectivity index (χ4v) is 1.73. The fraction of sp³-hybridized carbons (Fsp3) is 0.0625. The number of nitriles is 1. The van der Waals surface area contributed by atoms with Crippen LogP contribution in [-0.4, -0.2) is 18.4 Å². The quantitative estimate of drug-likeness (QED) is 0.844. The van der Waals surface area contributed by atoms with Gasteiger partial charge in [0, 0.05) is 11.3 Å². The molecule has 0 bridgehead atoms. The number of carbonyl (C=O) groups is 2. The van der Waals surface area contributed by atoms with E-state index < -0.39 is 6.03 Å². The molecule has 0 radical (unpaired) electrons. The van der Waals surface area contributed by atoms with E-state index in [-0.39, 0.29) is 12.3 Å². The van der Waals surface area contributed by atoms with Gasteiger partial charge in [0.05, 0.1) is 18.2 Å². The molecule has 0 aliphatic carbocycles. The van der Waals surface area contributed by atoms with E-state index in [1.165, 1.54) is 0 Å². The number of amides is 2. The summed E-state index contributed by atoms with van der Waals surface area (Å²) in [6.45, 7) is -0.0895. The molecule has 0 atom stereocenters. The summed E-state index contributed by atoms with van der Waals surface area (Å²) in [6.07, 6.45) is 0. The van der Waals surface area contributed by atoms with Crippen molar-refractivity contribution in [1.82, 2.24) is 5.32 Å².